The second-order valence-corrected chi connectivity index (χ2v) is 7.54. The summed E-state index contributed by atoms with van der Waals surface area (Å²) >= 11 is 0. The van der Waals surface area contributed by atoms with Crippen molar-refractivity contribution in [1.29, 1.82) is 0 Å². The largest absolute Gasteiger partial charge is 0.394 e. The van der Waals surface area contributed by atoms with Crippen LogP contribution in [0.1, 0.15) is 24.3 Å². The predicted octanol–water partition coefficient (Wildman–Crippen LogP) is 3.43. The molecule has 1 aromatic carbocycles. The summed E-state index contributed by atoms with van der Waals surface area (Å²) in [4.78, 5) is 12.7. The summed E-state index contributed by atoms with van der Waals surface area (Å²) in [5.41, 5.74) is 2.11. The number of nitrogens with one attached hydrogen (secondary N) is 1. The van der Waals surface area contributed by atoms with Crippen LogP contribution in [0.3, 0.4) is 0 Å². The maximum atomic E-state index is 13.6. The molecule has 4 aromatic rings. The summed E-state index contributed by atoms with van der Waals surface area (Å²) < 4.78 is 17.1. The predicted molar refractivity (Wildman–Crippen MR) is 109 cm³/mol. The zero-order chi connectivity index (χ0) is 20.6. The third-order valence-electron chi connectivity index (χ3n) is 4.73. The molecule has 0 saturated heterocycles. The second kappa shape index (κ2) is 7.18. The average molecular weight is 392 g/mol. The van der Waals surface area contributed by atoms with Gasteiger partial charge in [0.2, 0.25) is 0 Å². The number of amides is 1. The molecule has 29 heavy (non-hydrogen) atoms. The Hall–Kier alpha value is -3.45. The second-order valence-electron chi connectivity index (χ2n) is 7.54. The van der Waals surface area contributed by atoms with Crippen molar-refractivity contribution in [1.82, 2.24) is 19.5 Å². The standard InChI is InChI=1S/C22H21FN4O2/c1-22(2,14-28)25-21(29)19-10-11-24-27(19)20-9-8-18-7-6-16(13-26(18)20)15-4-3-5-17(23)12-15/h3-13,28H,14H2,1-2H3,(H,25,29). The number of benzene rings is 1. The normalized spacial score (nSPS) is 11.7. The number of hydrogen-bond donors (Lipinski definition) is 2. The van der Waals surface area contributed by atoms with E-state index in [0.717, 1.165) is 16.6 Å². The van der Waals surface area contributed by atoms with Gasteiger partial charge in [0.15, 0.2) is 0 Å². The SMILES string of the molecule is CC(C)(CO)NC(=O)c1ccnn1-c1ccc2ccc(-c3cccc(F)c3)cn12. The third kappa shape index (κ3) is 3.64. The fraction of sp³-hybridized carbons (Fsp3) is 0.182. The zero-order valence-electron chi connectivity index (χ0n) is 16.1. The van der Waals surface area contributed by atoms with Gasteiger partial charge < -0.3 is 14.8 Å². The van der Waals surface area contributed by atoms with Gasteiger partial charge in [-0.15, -0.1) is 0 Å². The minimum absolute atomic E-state index is 0.183. The number of carbonyl (C=O) groups is 1. The van der Waals surface area contributed by atoms with Crippen molar-refractivity contribution < 1.29 is 14.3 Å². The van der Waals surface area contributed by atoms with Crippen LogP contribution in [0.15, 0.2) is 67.0 Å². The molecule has 2 N–H and O–H groups in total. The lowest BCUT2D eigenvalue weighted by atomic mass is 10.1. The van der Waals surface area contributed by atoms with Gasteiger partial charge in [-0.3, -0.25) is 4.79 Å². The molecule has 3 heterocycles. The Balaban J connectivity index is 1.77. The van der Waals surface area contributed by atoms with E-state index in [0.29, 0.717) is 11.5 Å². The number of rotatable bonds is 5. The Labute approximate surface area is 167 Å². The van der Waals surface area contributed by atoms with Crippen LogP contribution in [0.2, 0.25) is 0 Å². The van der Waals surface area contributed by atoms with E-state index >= 15 is 0 Å². The van der Waals surface area contributed by atoms with Crippen LogP contribution in [0.5, 0.6) is 0 Å². The number of aliphatic hydroxyl groups is 1. The molecule has 0 unspecified atom stereocenters. The van der Waals surface area contributed by atoms with E-state index in [1.54, 1.807) is 36.9 Å². The van der Waals surface area contributed by atoms with Crippen LogP contribution in [0.25, 0.3) is 22.5 Å². The number of nitrogens with zero attached hydrogens (tertiary/aromatic N) is 3. The van der Waals surface area contributed by atoms with Gasteiger partial charge in [0.25, 0.3) is 5.91 Å². The molecule has 148 valence electrons. The van der Waals surface area contributed by atoms with Crippen LogP contribution in [0, 0.1) is 5.82 Å². The highest BCUT2D eigenvalue weighted by atomic mass is 19.1. The highest BCUT2D eigenvalue weighted by Gasteiger charge is 2.23. The van der Waals surface area contributed by atoms with Gasteiger partial charge in [0.05, 0.1) is 18.3 Å². The maximum Gasteiger partial charge on any atom is 0.270 e. The van der Waals surface area contributed by atoms with Crippen molar-refractivity contribution in [2.75, 3.05) is 6.61 Å². The van der Waals surface area contributed by atoms with E-state index in [-0.39, 0.29) is 18.3 Å². The van der Waals surface area contributed by atoms with E-state index in [1.807, 2.05) is 40.9 Å². The highest BCUT2D eigenvalue weighted by Crippen LogP contribution is 2.24. The summed E-state index contributed by atoms with van der Waals surface area (Å²) in [7, 11) is 0. The van der Waals surface area contributed by atoms with Crippen LogP contribution in [-0.4, -0.2) is 37.3 Å². The molecule has 0 spiro atoms. The van der Waals surface area contributed by atoms with Crippen LogP contribution in [-0.2, 0) is 0 Å². The molecule has 0 aliphatic carbocycles. The van der Waals surface area contributed by atoms with Crippen LogP contribution in [0.4, 0.5) is 4.39 Å². The molecule has 1 amide bonds. The van der Waals surface area contributed by atoms with Gasteiger partial charge in [-0.1, -0.05) is 18.2 Å². The number of aromatic nitrogens is 3. The molecule has 0 aliphatic heterocycles. The number of aliphatic hydroxyl groups excluding tert-OH is 1. The Morgan fingerprint density at radius 1 is 1.14 bits per heavy atom. The molecule has 0 fully saturated rings. The number of carbonyl (C=O) groups excluding carboxylic acids is 1. The Bertz CT molecular complexity index is 1190. The lowest BCUT2D eigenvalue weighted by Crippen LogP contribution is -2.46. The molecule has 3 aromatic heterocycles. The third-order valence-corrected chi connectivity index (χ3v) is 4.73. The first-order valence-electron chi connectivity index (χ1n) is 9.23. The van der Waals surface area contributed by atoms with Crippen molar-refractivity contribution in [3.05, 3.63) is 78.5 Å². The minimum Gasteiger partial charge on any atom is -0.394 e. The van der Waals surface area contributed by atoms with Gasteiger partial charge >= 0.3 is 0 Å². The number of fused-ring (bicyclic) bond motifs is 1. The van der Waals surface area contributed by atoms with Gasteiger partial charge in [-0.05, 0) is 61.4 Å². The topological polar surface area (TPSA) is 71.6 Å². The first-order valence-corrected chi connectivity index (χ1v) is 9.23. The number of hydrogen-bond acceptors (Lipinski definition) is 3. The summed E-state index contributed by atoms with van der Waals surface area (Å²) in [6.45, 7) is 3.30. The van der Waals surface area contributed by atoms with Gasteiger partial charge in [0, 0.05) is 11.7 Å². The number of halogens is 1. The van der Waals surface area contributed by atoms with Crippen LogP contribution >= 0.6 is 0 Å². The molecule has 4 rings (SSSR count). The lowest BCUT2D eigenvalue weighted by Gasteiger charge is -2.23. The zero-order valence-corrected chi connectivity index (χ0v) is 16.1. The fourth-order valence-corrected chi connectivity index (χ4v) is 3.17. The van der Waals surface area contributed by atoms with Crippen molar-refractivity contribution in [3.63, 3.8) is 0 Å². The summed E-state index contributed by atoms with van der Waals surface area (Å²) in [6, 6.07) is 15.7. The first-order chi connectivity index (χ1) is 13.9. The van der Waals surface area contributed by atoms with E-state index in [1.165, 1.54) is 12.1 Å². The van der Waals surface area contributed by atoms with Crippen molar-refractivity contribution in [3.8, 4) is 16.9 Å². The van der Waals surface area contributed by atoms with Gasteiger partial charge in [-0.25, -0.2) is 9.07 Å². The van der Waals surface area contributed by atoms with E-state index in [4.69, 9.17) is 0 Å². The first kappa shape index (κ1) is 18.9. The quantitative estimate of drug-likeness (QED) is 0.547. The Morgan fingerprint density at radius 3 is 2.69 bits per heavy atom. The molecule has 0 aliphatic rings. The Morgan fingerprint density at radius 2 is 1.93 bits per heavy atom. The molecular weight excluding hydrogens is 371 g/mol. The summed E-state index contributed by atoms with van der Waals surface area (Å²) in [5.74, 6) is 0.0425. The lowest BCUT2D eigenvalue weighted by molar-refractivity contribution is 0.0861. The van der Waals surface area contributed by atoms with Crippen molar-refractivity contribution in [2.45, 2.75) is 19.4 Å². The fourth-order valence-electron chi connectivity index (χ4n) is 3.17. The molecule has 0 saturated carbocycles. The summed E-state index contributed by atoms with van der Waals surface area (Å²) in [5, 5.41) is 16.5. The molecule has 0 atom stereocenters. The highest BCUT2D eigenvalue weighted by molar-refractivity contribution is 5.93. The Kier molecular flexibility index (Phi) is 4.68. The van der Waals surface area contributed by atoms with Gasteiger partial charge in [-0.2, -0.15) is 5.10 Å². The molecule has 0 radical (unpaired) electrons. The molecule has 7 heteroatoms. The average Bonchev–Trinajstić information content (AvgIpc) is 3.33. The molecule has 0 bridgehead atoms. The maximum absolute atomic E-state index is 13.6. The summed E-state index contributed by atoms with van der Waals surface area (Å²) in [6.07, 6.45) is 3.44. The van der Waals surface area contributed by atoms with Crippen LogP contribution < -0.4 is 5.32 Å². The van der Waals surface area contributed by atoms with Crippen molar-refractivity contribution >= 4 is 11.4 Å². The van der Waals surface area contributed by atoms with Crippen molar-refractivity contribution in [2.24, 2.45) is 0 Å². The monoisotopic (exact) mass is 392 g/mol. The van der Waals surface area contributed by atoms with Gasteiger partial charge in [0.1, 0.15) is 17.3 Å². The van der Waals surface area contributed by atoms with E-state index < -0.39 is 5.54 Å². The number of pyridine rings is 1. The van der Waals surface area contributed by atoms with E-state index in [2.05, 4.69) is 10.4 Å². The molecule has 6 nitrogen and oxygen atoms in total. The molecular formula is C22H21FN4O2. The smallest absolute Gasteiger partial charge is 0.270 e. The minimum atomic E-state index is -0.752. The van der Waals surface area contributed by atoms with E-state index in [9.17, 15) is 14.3 Å².